The highest BCUT2D eigenvalue weighted by atomic mass is 16.5. The van der Waals surface area contributed by atoms with Crippen molar-refractivity contribution in [3.63, 3.8) is 0 Å². The minimum Gasteiger partial charge on any atom is -0.396 e. The molecule has 0 bridgehead atoms. The normalized spacial score (nSPS) is 11.4. The van der Waals surface area contributed by atoms with E-state index >= 15 is 0 Å². The molecule has 0 radical (unpaired) electrons. The van der Waals surface area contributed by atoms with Gasteiger partial charge in [-0.2, -0.15) is 0 Å². The van der Waals surface area contributed by atoms with Crippen LogP contribution in [0.3, 0.4) is 0 Å². The van der Waals surface area contributed by atoms with Gasteiger partial charge in [-0.15, -0.1) is 0 Å². The smallest absolute Gasteiger partial charge is 0.0494 e. The second-order valence-electron chi connectivity index (χ2n) is 5.27. The molecule has 3 heteroatoms. The van der Waals surface area contributed by atoms with E-state index in [4.69, 9.17) is 14.6 Å². The van der Waals surface area contributed by atoms with Crippen molar-refractivity contribution in [1.29, 1.82) is 0 Å². The molecule has 0 aliphatic carbocycles. The molecule has 1 N–H and O–H groups in total. The average molecular weight is 274 g/mol. The Labute approximate surface area is 119 Å². The lowest BCUT2D eigenvalue weighted by Crippen LogP contribution is -2.12. The lowest BCUT2D eigenvalue weighted by molar-refractivity contribution is 0.0583. The van der Waals surface area contributed by atoms with Crippen LogP contribution in [0, 0.1) is 5.92 Å². The fourth-order valence-electron chi connectivity index (χ4n) is 2.08. The number of hydrogen-bond acceptors (Lipinski definition) is 3. The van der Waals surface area contributed by atoms with E-state index in [-0.39, 0.29) is 6.61 Å². The van der Waals surface area contributed by atoms with Crippen molar-refractivity contribution in [2.45, 2.75) is 65.2 Å². The predicted molar refractivity (Wildman–Crippen MR) is 80.5 cm³/mol. The zero-order valence-corrected chi connectivity index (χ0v) is 13.0. The molecule has 116 valence electrons. The van der Waals surface area contributed by atoms with Crippen LogP contribution in [0.5, 0.6) is 0 Å². The average Bonchev–Trinajstić information content (AvgIpc) is 2.43. The molecule has 0 aliphatic rings. The van der Waals surface area contributed by atoms with E-state index in [9.17, 15) is 0 Å². The summed E-state index contributed by atoms with van der Waals surface area (Å²) in [6.45, 7) is 7.83. The lowest BCUT2D eigenvalue weighted by atomic mass is 9.97. The van der Waals surface area contributed by atoms with E-state index in [1.54, 1.807) is 0 Å². The van der Waals surface area contributed by atoms with Crippen LogP contribution in [-0.4, -0.2) is 38.1 Å². The van der Waals surface area contributed by atoms with E-state index in [1.807, 2.05) is 0 Å². The van der Waals surface area contributed by atoms with Gasteiger partial charge in [-0.05, 0) is 31.6 Å². The molecule has 0 saturated carbocycles. The van der Waals surface area contributed by atoms with Crippen LogP contribution in [-0.2, 0) is 9.47 Å². The molecular formula is C16H34O3. The van der Waals surface area contributed by atoms with Crippen LogP contribution in [0.25, 0.3) is 0 Å². The Hall–Kier alpha value is -0.120. The zero-order valence-electron chi connectivity index (χ0n) is 13.0. The number of aliphatic hydroxyl groups excluding tert-OH is 1. The third-order valence-electron chi connectivity index (χ3n) is 3.31. The van der Waals surface area contributed by atoms with Crippen molar-refractivity contribution in [2.24, 2.45) is 5.92 Å². The first-order valence-corrected chi connectivity index (χ1v) is 8.11. The van der Waals surface area contributed by atoms with Crippen molar-refractivity contribution in [3.8, 4) is 0 Å². The molecule has 0 aliphatic heterocycles. The number of rotatable bonds is 15. The second-order valence-corrected chi connectivity index (χ2v) is 5.27. The van der Waals surface area contributed by atoms with Gasteiger partial charge in [-0.1, -0.05) is 39.5 Å². The SMILES string of the molecule is CCCCC(CCCC)COCCCOCCCO. The Morgan fingerprint density at radius 3 is 1.95 bits per heavy atom. The molecule has 0 atom stereocenters. The largest absolute Gasteiger partial charge is 0.396 e. The summed E-state index contributed by atoms with van der Waals surface area (Å²) in [5, 5.41) is 8.61. The van der Waals surface area contributed by atoms with Gasteiger partial charge >= 0.3 is 0 Å². The molecule has 0 fully saturated rings. The molecule has 0 amide bonds. The summed E-state index contributed by atoms with van der Waals surface area (Å²) in [7, 11) is 0. The van der Waals surface area contributed by atoms with Gasteiger partial charge in [0.2, 0.25) is 0 Å². The monoisotopic (exact) mass is 274 g/mol. The van der Waals surface area contributed by atoms with Crippen LogP contribution in [0.1, 0.15) is 65.2 Å². The van der Waals surface area contributed by atoms with Gasteiger partial charge in [0.05, 0.1) is 0 Å². The number of unbranched alkanes of at least 4 members (excludes halogenated alkanes) is 2. The fraction of sp³-hybridized carbons (Fsp3) is 1.00. The molecule has 0 aromatic heterocycles. The number of ether oxygens (including phenoxy) is 2. The van der Waals surface area contributed by atoms with Gasteiger partial charge in [0.15, 0.2) is 0 Å². The van der Waals surface area contributed by atoms with E-state index in [0.717, 1.165) is 38.6 Å². The summed E-state index contributed by atoms with van der Waals surface area (Å²) in [4.78, 5) is 0. The van der Waals surface area contributed by atoms with Crippen LogP contribution in [0.15, 0.2) is 0 Å². The van der Waals surface area contributed by atoms with Crippen LogP contribution in [0.2, 0.25) is 0 Å². The Morgan fingerprint density at radius 1 is 0.789 bits per heavy atom. The lowest BCUT2D eigenvalue weighted by Gasteiger charge is -2.16. The molecular weight excluding hydrogens is 240 g/mol. The van der Waals surface area contributed by atoms with E-state index in [0.29, 0.717) is 6.61 Å². The first-order valence-electron chi connectivity index (χ1n) is 8.11. The maximum atomic E-state index is 8.61. The number of aliphatic hydroxyl groups is 1. The molecule has 19 heavy (non-hydrogen) atoms. The molecule has 0 rings (SSSR count). The maximum Gasteiger partial charge on any atom is 0.0494 e. The summed E-state index contributed by atoms with van der Waals surface area (Å²) in [5.74, 6) is 0.746. The van der Waals surface area contributed by atoms with Gasteiger partial charge in [-0.3, -0.25) is 0 Å². The first kappa shape index (κ1) is 18.9. The van der Waals surface area contributed by atoms with Crippen molar-refractivity contribution in [2.75, 3.05) is 33.0 Å². The van der Waals surface area contributed by atoms with Gasteiger partial charge in [0, 0.05) is 33.0 Å². The third-order valence-corrected chi connectivity index (χ3v) is 3.31. The van der Waals surface area contributed by atoms with Gasteiger partial charge in [-0.25, -0.2) is 0 Å². The summed E-state index contributed by atoms with van der Waals surface area (Å²) in [6.07, 6.45) is 9.51. The Kier molecular flexibility index (Phi) is 15.8. The Morgan fingerprint density at radius 2 is 1.37 bits per heavy atom. The Balaban J connectivity index is 3.40. The van der Waals surface area contributed by atoms with E-state index in [2.05, 4.69) is 13.8 Å². The highest BCUT2D eigenvalue weighted by Gasteiger charge is 2.07. The highest BCUT2D eigenvalue weighted by molar-refractivity contribution is 4.58. The molecule has 0 spiro atoms. The third kappa shape index (κ3) is 14.1. The standard InChI is InChI=1S/C16H34O3/c1-3-5-9-16(10-6-4-2)15-19-14-8-13-18-12-7-11-17/h16-17H,3-15H2,1-2H3. The van der Waals surface area contributed by atoms with E-state index < -0.39 is 0 Å². The topological polar surface area (TPSA) is 38.7 Å². The summed E-state index contributed by atoms with van der Waals surface area (Å²) in [6, 6.07) is 0. The fourth-order valence-corrected chi connectivity index (χ4v) is 2.08. The summed E-state index contributed by atoms with van der Waals surface area (Å²) >= 11 is 0. The van der Waals surface area contributed by atoms with Crippen molar-refractivity contribution < 1.29 is 14.6 Å². The van der Waals surface area contributed by atoms with Crippen LogP contribution < -0.4 is 0 Å². The van der Waals surface area contributed by atoms with Crippen molar-refractivity contribution >= 4 is 0 Å². The summed E-state index contributed by atoms with van der Waals surface area (Å²) < 4.78 is 11.1. The quantitative estimate of drug-likeness (QED) is 0.462. The van der Waals surface area contributed by atoms with Crippen LogP contribution >= 0.6 is 0 Å². The minimum atomic E-state index is 0.215. The molecule has 0 unspecified atom stereocenters. The first-order chi connectivity index (χ1) is 9.35. The van der Waals surface area contributed by atoms with Crippen molar-refractivity contribution in [3.05, 3.63) is 0 Å². The maximum absolute atomic E-state index is 8.61. The molecule has 0 heterocycles. The number of hydrogen-bond donors (Lipinski definition) is 1. The van der Waals surface area contributed by atoms with Gasteiger partial charge in [0.25, 0.3) is 0 Å². The molecule has 3 nitrogen and oxygen atoms in total. The molecule has 0 saturated heterocycles. The highest BCUT2D eigenvalue weighted by Crippen LogP contribution is 2.16. The molecule has 0 aromatic carbocycles. The predicted octanol–water partition coefficient (Wildman–Crippen LogP) is 3.79. The van der Waals surface area contributed by atoms with Crippen molar-refractivity contribution in [1.82, 2.24) is 0 Å². The summed E-state index contributed by atoms with van der Waals surface area (Å²) in [5.41, 5.74) is 0. The second kappa shape index (κ2) is 15.9. The van der Waals surface area contributed by atoms with Crippen LogP contribution in [0.4, 0.5) is 0 Å². The Bertz CT molecular complexity index is 154. The van der Waals surface area contributed by atoms with Gasteiger partial charge < -0.3 is 14.6 Å². The zero-order chi connectivity index (χ0) is 14.2. The van der Waals surface area contributed by atoms with E-state index in [1.165, 1.54) is 38.5 Å². The molecule has 0 aromatic rings. The minimum absolute atomic E-state index is 0.215. The van der Waals surface area contributed by atoms with Gasteiger partial charge in [0.1, 0.15) is 0 Å².